The number of hydrogen-bond donors (Lipinski definition) is 3. The van der Waals surface area contributed by atoms with Crippen molar-refractivity contribution < 1.29 is 23.1 Å². The summed E-state index contributed by atoms with van der Waals surface area (Å²) in [4.78, 5) is 26.9. The second kappa shape index (κ2) is 13.4. The lowest BCUT2D eigenvalue weighted by Gasteiger charge is -2.31. The van der Waals surface area contributed by atoms with Crippen molar-refractivity contribution in [2.75, 3.05) is 25.5 Å². The molecule has 2 aliphatic rings. The van der Waals surface area contributed by atoms with Crippen LogP contribution in [-0.2, 0) is 27.3 Å². The van der Waals surface area contributed by atoms with Gasteiger partial charge in [-0.2, -0.15) is 0 Å². The Balaban J connectivity index is 1.48. The van der Waals surface area contributed by atoms with Gasteiger partial charge in [-0.25, -0.2) is 8.78 Å². The number of amides is 2. The molecule has 1 fully saturated rings. The Morgan fingerprint density at radius 3 is 2.33 bits per heavy atom. The van der Waals surface area contributed by atoms with E-state index in [1.165, 1.54) is 18.2 Å². The quantitative estimate of drug-likeness (QED) is 0.420. The summed E-state index contributed by atoms with van der Waals surface area (Å²) in [5.41, 5.74) is 9.62. The van der Waals surface area contributed by atoms with Crippen molar-refractivity contribution in [1.29, 1.82) is 0 Å². The number of ether oxygens (including phenoxy) is 1. The van der Waals surface area contributed by atoms with Crippen LogP contribution in [0.15, 0.2) is 77.2 Å². The lowest BCUT2D eigenvalue weighted by atomic mass is 10.00. The molecule has 1 heterocycles. The summed E-state index contributed by atoms with van der Waals surface area (Å²) < 4.78 is 33.8. The number of likely N-dealkylation sites (tertiary alicyclic amines) is 1. The number of anilines is 1. The summed E-state index contributed by atoms with van der Waals surface area (Å²) in [5.74, 6) is -1.89. The van der Waals surface area contributed by atoms with E-state index in [1.807, 2.05) is 36.1 Å². The summed E-state index contributed by atoms with van der Waals surface area (Å²) in [5, 5.41) is 6.40. The first-order valence-corrected chi connectivity index (χ1v) is 13.5. The predicted octanol–water partition coefficient (Wildman–Crippen LogP) is 4.71. The van der Waals surface area contributed by atoms with Gasteiger partial charge in [-0.15, -0.1) is 0 Å². The minimum atomic E-state index is -0.674. The fraction of sp³-hybridized carbons (Fsp3) is 0.355. The van der Waals surface area contributed by atoms with E-state index in [1.54, 1.807) is 19.3 Å². The lowest BCUT2D eigenvalue weighted by Crippen LogP contribution is -2.41. The van der Waals surface area contributed by atoms with Gasteiger partial charge in [0.1, 0.15) is 11.6 Å². The number of hydrogen-bond acceptors (Lipinski definition) is 5. The molecule has 7 nitrogen and oxygen atoms in total. The van der Waals surface area contributed by atoms with Crippen LogP contribution in [0.25, 0.3) is 0 Å². The summed E-state index contributed by atoms with van der Waals surface area (Å²) >= 11 is 0. The van der Waals surface area contributed by atoms with Gasteiger partial charge < -0.3 is 26.0 Å². The number of nitrogens with one attached hydrogen (secondary N) is 2. The van der Waals surface area contributed by atoms with Crippen LogP contribution in [0, 0.1) is 11.6 Å². The number of allylic oxidation sites excluding steroid dienone is 3. The second-order valence-corrected chi connectivity index (χ2v) is 10.2. The molecule has 40 heavy (non-hydrogen) atoms. The number of nitrogens with two attached hydrogens (primary N) is 1. The van der Waals surface area contributed by atoms with E-state index in [-0.39, 0.29) is 29.7 Å². The van der Waals surface area contributed by atoms with E-state index in [0.717, 1.165) is 35.4 Å². The van der Waals surface area contributed by atoms with Crippen molar-refractivity contribution in [3.05, 3.63) is 99.9 Å². The average Bonchev–Trinajstić information content (AvgIpc) is 2.93. The smallest absolute Gasteiger partial charge is 0.250 e. The molecule has 0 aromatic heterocycles. The van der Waals surface area contributed by atoms with Crippen molar-refractivity contribution in [1.82, 2.24) is 10.2 Å². The van der Waals surface area contributed by atoms with Gasteiger partial charge in [-0.1, -0.05) is 23.8 Å². The van der Waals surface area contributed by atoms with E-state index >= 15 is 0 Å². The first-order valence-electron chi connectivity index (χ1n) is 13.5. The Hall–Kier alpha value is -3.98. The monoisotopic (exact) mass is 550 g/mol. The molecule has 4 rings (SSSR count). The van der Waals surface area contributed by atoms with Gasteiger partial charge in [-0.05, 0) is 74.6 Å². The third-order valence-corrected chi connectivity index (χ3v) is 7.31. The zero-order valence-corrected chi connectivity index (χ0v) is 22.9. The number of rotatable bonds is 9. The zero-order valence-electron chi connectivity index (χ0n) is 22.9. The van der Waals surface area contributed by atoms with Crippen LogP contribution in [0.3, 0.4) is 0 Å². The number of nitrogens with zero attached hydrogens (tertiary/aromatic N) is 1. The Bertz CT molecular complexity index is 1310. The molecule has 1 saturated heterocycles. The summed E-state index contributed by atoms with van der Waals surface area (Å²) in [7, 11) is 1.71. The maximum atomic E-state index is 14.2. The van der Waals surface area contributed by atoms with Crippen LogP contribution in [0.4, 0.5) is 14.5 Å². The zero-order chi connectivity index (χ0) is 28.6. The van der Waals surface area contributed by atoms with Gasteiger partial charge >= 0.3 is 0 Å². The van der Waals surface area contributed by atoms with Gasteiger partial charge in [0.15, 0.2) is 0 Å². The van der Waals surface area contributed by atoms with E-state index in [4.69, 9.17) is 10.5 Å². The van der Waals surface area contributed by atoms with E-state index in [2.05, 4.69) is 10.6 Å². The highest BCUT2D eigenvalue weighted by molar-refractivity contribution is 5.96. The van der Waals surface area contributed by atoms with Crippen molar-refractivity contribution in [2.24, 2.45) is 5.73 Å². The Kier molecular flexibility index (Phi) is 9.71. The second-order valence-electron chi connectivity index (χ2n) is 10.2. The van der Waals surface area contributed by atoms with Crippen molar-refractivity contribution >= 4 is 17.5 Å². The molecular formula is C31H36F2N4O3. The maximum absolute atomic E-state index is 14.2. The van der Waals surface area contributed by atoms with Gasteiger partial charge in [0.05, 0.1) is 18.1 Å². The molecule has 9 heteroatoms. The SMILES string of the molecule is COC1CCN(C(=O)Cc2ccc(NC3=CC(NCc4c(F)cccc4F)=C(C(N)=O)C=C(C)CC3)cc2)CC1. The minimum Gasteiger partial charge on any atom is -0.381 e. The Morgan fingerprint density at radius 1 is 1.02 bits per heavy atom. The molecule has 0 bridgehead atoms. The minimum absolute atomic E-state index is 0.103. The third-order valence-electron chi connectivity index (χ3n) is 7.31. The van der Waals surface area contributed by atoms with Crippen LogP contribution in [0.5, 0.6) is 0 Å². The van der Waals surface area contributed by atoms with E-state index < -0.39 is 17.5 Å². The van der Waals surface area contributed by atoms with Crippen LogP contribution in [0.2, 0.25) is 0 Å². The number of carbonyl (C=O) groups excluding carboxylic acids is 2. The van der Waals surface area contributed by atoms with Crippen LogP contribution in [-0.4, -0.2) is 43.0 Å². The highest BCUT2D eigenvalue weighted by Crippen LogP contribution is 2.24. The molecule has 4 N–H and O–H groups in total. The van der Waals surface area contributed by atoms with Crippen molar-refractivity contribution in [2.45, 2.75) is 51.7 Å². The Morgan fingerprint density at radius 2 is 1.70 bits per heavy atom. The number of carbonyl (C=O) groups is 2. The van der Waals surface area contributed by atoms with E-state index in [0.29, 0.717) is 38.0 Å². The van der Waals surface area contributed by atoms with E-state index in [9.17, 15) is 18.4 Å². The van der Waals surface area contributed by atoms with Gasteiger partial charge in [-0.3, -0.25) is 9.59 Å². The molecule has 2 aromatic carbocycles. The maximum Gasteiger partial charge on any atom is 0.250 e. The number of methoxy groups -OCH3 is 1. The fourth-order valence-corrected chi connectivity index (χ4v) is 4.90. The fourth-order valence-electron chi connectivity index (χ4n) is 4.90. The number of piperidine rings is 1. The molecule has 2 amide bonds. The third kappa shape index (κ3) is 7.57. The molecule has 0 unspecified atom stereocenters. The molecule has 0 saturated carbocycles. The first kappa shape index (κ1) is 29.0. The van der Waals surface area contributed by atoms with Gasteiger partial charge in [0.2, 0.25) is 5.91 Å². The molecule has 2 aromatic rings. The molecule has 212 valence electrons. The first-order chi connectivity index (χ1) is 19.2. The average molecular weight is 551 g/mol. The molecule has 0 atom stereocenters. The predicted molar refractivity (Wildman–Crippen MR) is 151 cm³/mol. The summed E-state index contributed by atoms with van der Waals surface area (Å²) in [6.07, 6.45) is 7.06. The van der Waals surface area contributed by atoms with Crippen molar-refractivity contribution in [3.8, 4) is 0 Å². The van der Waals surface area contributed by atoms with Gasteiger partial charge in [0, 0.05) is 49.4 Å². The normalized spacial score (nSPS) is 16.6. The highest BCUT2D eigenvalue weighted by Gasteiger charge is 2.22. The lowest BCUT2D eigenvalue weighted by molar-refractivity contribution is -0.132. The number of halogens is 2. The number of primary amides is 1. The number of benzene rings is 2. The molecule has 1 aliphatic heterocycles. The van der Waals surface area contributed by atoms with Gasteiger partial charge in [0.25, 0.3) is 5.91 Å². The molecule has 0 radical (unpaired) electrons. The van der Waals surface area contributed by atoms with Crippen molar-refractivity contribution in [3.63, 3.8) is 0 Å². The summed E-state index contributed by atoms with van der Waals surface area (Å²) in [6.45, 7) is 3.16. The summed E-state index contributed by atoms with van der Waals surface area (Å²) in [6, 6.07) is 11.3. The van der Waals surface area contributed by atoms with Crippen LogP contribution in [0.1, 0.15) is 43.7 Å². The molecule has 0 spiro atoms. The Labute approximate surface area is 233 Å². The van der Waals surface area contributed by atoms with Crippen LogP contribution < -0.4 is 16.4 Å². The molecule has 1 aliphatic carbocycles. The highest BCUT2D eigenvalue weighted by atomic mass is 19.1. The topological polar surface area (TPSA) is 96.7 Å². The molecular weight excluding hydrogens is 514 g/mol. The van der Waals surface area contributed by atoms with Crippen LogP contribution >= 0.6 is 0 Å². The largest absolute Gasteiger partial charge is 0.381 e. The standard InChI is InChI=1S/C31H36F2N4O3/c1-20-6-9-23(18-29(25(16-20)31(34)39)35-19-26-27(32)4-3-5-28(26)33)36-22-10-7-21(8-11-22)17-30(38)37-14-12-24(40-2)13-15-37/h3-5,7-8,10-11,16,18,24,35-36H,6,9,12-15,17,19H2,1-2H3,(H2,34,39).